The fourth-order valence-electron chi connectivity index (χ4n) is 2.79. The number of hydrogen-bond acceptors (Lipinski definition) is 2. The maximum atomic E-state index is 12.9. The minimum atomic E-state index is -4.38. The molecule has 1 aliphatic rings. The molecule has 0 aromatic heterocycles. The van der Waals surface area contributed by atoms with E-state index in [0.717, 1.165) is 18.6 Å². The van der Waals surface area contributed by atoms with Gasteiger partial charge in [-0.05, 0) is 37.0 Å². The summed E-state index contributed by atoms with van der Waals surface area (Å²) in [6.45, 7) is 3.06. The number of hydrogen-bond donors (Lipinski definition) is 1. The molecule has 1 amide bonds. The van der Waals surface area contributed by atoms with Crippen LogP contribution in [-0.2, 0) is 15.7 Å². The number of carbonyl (C=O) groups excluding carboxylic acids is 1. The van der Waals surface area contributed by atoms with Gasteiger partial charge in [0.2, 0.25) is 5.91 Å². The molecule has 0 aliphatic carbocycles. The molecule has 1 aliphatic heterocycles. The van der Waals surface area contributed by atoms with E-state index in [-0.39, 0.29) is 11.8 Å². The zero-order valence-corrected chi connectivity index (χ0v) is 13.2. The first-order valence-corrected chi connectivity index (χ1v) is 7.97. The van der Waals surface area contributed by atoms with Crippen LogP contribution < -0.4 is 5.32 Å². The van der Waals surface area contributed by atoms with E-state index in [1.54, 1.807) is 6.07 Å². The van der Waals surface area contributed by atoms with Crippen LogP contribution in [0, 0.1) is 5.92 Å². The van der Waals surface area contributed by atoms with Gasteiger partial charge < -0.3 is 10.1 Å². The summed E-state index contributed by atoms with van der Waals surface area (Å²) >= 11 is 0. The van der Waals surface area contributed by atoms with Gasteiger partial charge in [-0.2, -0.15) is 13.2 Å². The molecule has 3 nitrogen and oxygen atoms in total. The lowest BCUT2D eigenvalue weighted by Gasteiger charge is -2.25. The molecule has 0 unspecified atom stereocenters. The van der Waals surface area contributed by atoms with Gasteiger partial charge in [0, 0.05) is 19.1 Å². The predicted octanol–water partition coefficient (Wildman–Crippen LogP) is 4.09. The molecule has 1 fully saturated rings. The molecule has 0 spiro atoms. The van der Waals surface area contributed by atoms with Crippen molar-refractivity contribution in [3.05, 3.63) is 35.4 Å². The van der Waals surface area contributed by atoms with Crippen LogP contribution in [0.4, 0.5) is 13.2 Å². The standard InChI is InChI=1S/C17H22F3NO2/c1-2-4-15(21-16(22)12-7-9-23-10-8-12)13-5-3-6-14(11-13)17(18,19)20/h3,5-6,11-12,15H,2,4,7-10H2,1H3,(H,21,22)/t15-/m0/s1. The number of nitrogens with one attached hydrogen (secondary N) is 1. The number of carbonyl (C=O) groups is 1. The average molecular weight is 329 g/mol. The van der Waals surface area contributed by atoms with Crippen LogP contribution >= 0.6 is 0 Å². The molecular formula is C17H22F3NO2. The van der Waals surface area contributed by atoms with Gasteiger partial charge in [-0.25, -0.2) is 0 Å². The van der Waals surface area contributed by atoms with E-state index in [1.807, 2.05) is 6.92 Å². The zero-order chi connectivity index (χ0) is 16.9. The molecule has 2 rings (SSSR count). The van der Waals surface area contributed by atoms with Crippen molar-refractivity contribution in [2.75, 3.05) is 13.2 Å². The second-order valence-corrected chi connectivity index (χ2v) is 5.86. The quantitative estimate of drug-likeness (QED) is 0.883. The lowest BCUT2D eigenvalue weighted by Crippen LogP contribution is -2.36. The maximum Gasteiger partial charge on any atom is 0.416 e. The Bertz CT molecular complexity index is 525. The number of rotatable bonds is 5. The molecule has 1 N–H and O–H groups in total. The van der Waals surface area contributed by atoms with Gasteiger partial charge in [-0.15, -0.1) is 0 Å². The third-order valence-corrected chi connectivity index (χ3v) is 4.10. The van der Waals surface area contributed by atoms with Gasteiger partial charge in [-0.1, -0.05) is 25.5 Å². The minimum Gasteiger partial charge on any atom is -0.381 e. The molecule has 1 atom stereocenters. The second kappa shape index (κ2) is 7.81. The Kier molecular flexibility index (Phi) is 6.04. The number of ether oxygens (including phenoxy) is 1. The van der Waals surface area contributed by atoms with Crippen LogP contribution in [0.2, 0.25) is 0 Å². The number of amides is 1. The lowest BCUT2D eigenvalue weighted by atomic mass is 9.96. The Labute approximate surface area is 134 Å². The number of halogens is 3. The molecule has 1 aromatic carbocycles. The molecular weight excluding hydrogens is 307 g/mol. The Morgan fingerprint density at radius 3 is 2.65 bits per heavy atom. The summed E-state index contributed by atoms with van der Waals surface area (Å²) < 4.78 is 43.8. The van der Waals surface area contributed by atoms with E-state index in [4.69, 9.17) is 4.74 Å². The van der Waals surface area contributed by atoms with Crippen molar-refractivity contribution in [1.29, 1.82) is 0 Å². The van der Waals surface area contributed by atoms with Crippen molar-refractivity contribution >= 4 is 5.91 Å². The molecule has 0 bridgehead atoms. The van der Waals surface area contributed by atoms with Crippen molar-refractivity contribution < 1.29 is 22.7 Å². The summed E-state index contributed by atoms with van der Waals surface area (Å²) in [5.41, 5.74) is -0.182. The van der Waals surface area contributed by atoms with E-state index < -0.39 is 17.8 Å². The van der Waals surface area contributed by atoms with Gasteiger partial charge >= 0.3 is 6.18 Å². The summed E-state index contributed by atoms with van der Waals surface area (Å²) in [7, 11) is 0. The predicted molar refractivity (Wildman–Crippen MR) is 80.8 cm³/mol. The molecule has 0 saturated carbocycles. The molecule has 1 heterocycles. The lowest BCUT2D eigenvalue weighted by molar-refractivity contribution is -0.137. The first-order valence-electron chi connectivity index (χ1n) is 7.97. The van der Waals surface area contributed by atoms with E-state index >= 15 is 0 Å². The Morgan fingerprint density at radius 1 is 1.35 bits per heavy atom. The Balaban J connectivity index is 2.12. The molecule has 23 heavy (non-hydrogen) atoms. The highest BCUT2D eigenvalue weighted by atomic mass is 19.4. The summed E-state index contributed by atoms with van der Waals surface area (Å²) in [5.74, 6) is -0.210. The second-order valence-electron chi connectivity index (χ2n) is 5.86. The van der Waals surface area contributed by atoms with Crippen molar-refractivity contribution in [3.8, 4) is 0 Å². The monoisotopic (exact) mass is 329 g/mol. The maximum absolute atomic E-state index is 12.9. The zero-order valence-electron chi connectivity index (χ0n) is 13.2. The van der Waals surface area contributed by atoms with Crippen LogP contribution in [0.3, 0.4) is 0 Å². The normalized spacial score (nSPS) is 17.7. The summed E-state index contributed by atoms with van der Waals surface area (Å²) in [4.78, 5) is 12.3. The number of alkyl halides is 3. The Morgan fingerprint density at radius 2 is 2.04 bits per heavy atom. The Hall–Kier alpha value is -1.56. The minimum absolute atomic E-state index is 0.0934. The molecule has 1 saturated heterocycles. The molecule has 0 radical (unpaired) electrons. The first kappa shape index (κ1) is 17.8. The van der Waals surface area contributed by atoms with Gasteiger partial charge in [0.15, 0.2) is 0 Å². The van der Waals surface area contributed by atoms with Crippen molar-refractivity contribution in [3.63, 3.8) is 0 Å². The molecule has 6 heteroatoms. The third kappa shape index (κ3) is 4.96. The van der Waals surface area contributed by atoms with E-state index in [1.165, 1.54) is 6.07 Å². The van der Waals surface area contributed by atoms with Crippen LogP contribution in [0.15, 0.2) is 24.3 Å². The largest absolute Gasteiger partial charge is 0.416 e. The topological polar surface area (TPSA) is 38.3 Å². The van der Waals surface area contributed by atoms with Gasteiger partial charge in [0.1, 0.15) is 0 Å². The highest BCUT2D eigenvalue weighted by Gasteiger charge is 2.31. The highest BCUT2D eigenvalue weighted by Crippen LogP contribution is 2.31. The smallest absolute Gasteiger partial charge is 0.381 e. The van der Waals surface area contributed by atoms with Crippen LogP contribution in [0.1, 0.15) is 49.8 Å². The van der Waals surface area contributed by atoms with Crippen LogP contribution in [-0.4, -0.2) is 19.1 Å². The fourth-order valence-corrected chi connectivity index (χ4v) is 2.79. The summed E-state index contributed by atoms with van der Waals surface area (Å²) in [6, 6.07) is 4.82. The molecule has 128 valence electrons. The fraction of sp³-hybridized carbons (Fsp3) is 0.588. The summed E-state index contributed by atoms with van der Waals surface area (Å²) in [6.07, 6.45) is -1.68. The SMILES string of the molecule is CCC[C@H](NC(=O)C1CCOCC1)c1cccc(C(F)(F)F)c1. The van der Waals surface area contributed by atoms with Crippen molar-refractivity contribution in [2.24, 2.45) is 5.92 Å². The van der Waals surface area contributed by atoms with Gasteiger partial charge in [-0.3, -0.25) is 4.79 Å². The van der Waals surface area contributed by atoms with Crippen LogP contribution in [0.25, 0.3) is 0 Å². The van der Waals surface area contributed by atoms with Gasteiger partial charge in [0.25, 0.3) is 0 Å². The van der Waals surface area contributed by atoms with Gasteiger partial charge in [0.05, 0.1) is 11.6 Å². The van der Waals surface area contributed by atoms with E-state index in [9.17, 15) is 18.0 Å². The highest BCUT2D eigenvalue weighted by molar-refractivity contribution is 5.79. The first-order chi connectivity index (χ1) is 10.9. The van der Waals surface area contributed by atoms with Crippen molar-refractivity contribution in [1.82, 2.24) is 5.32 Å². The van der Waals surface area contributed by atoms with Crippen molar-refractivity contribution in [2.45, 2.75) is 44.8 Å². The number of benzene rings is 1. The average Bonchev–Trinajstić information content (AvgIpc) is 2.54. The van der Waals surface area contributed by atoms with E-state index in [0.29, 0.717) is 38.0 Å². The summed E-state index contributed by atoms with van der Waals surface area (Å²) in [5, 5.41) is 2.92. The third-order valence-electron chi connectivity index (χ3n) is 4.10. The molecule has 1 aromatic rings. The van der Waals surface area contributed by atoms with Crippen LogP contribution in [0.5, 0.6) is 0 Å². The van der Waals surface area contributed by atoms with E-state index in [2.05, 4.69) is 5.32 Å².